The Balaban J connectivity index is 0.00000420. The van der Waals surface area contributed by atoms with E-state index in [1.165, 1.54) is 4.90 Å². The molecule has 0 heterocycles. The number of primary amides is 1. The summed E-state index contributed by atoms with van der Waals surface area (Å²) in [6.07, 6.45) is 0.129. The zero-order valence-corrected chi connectivity index (χ0v) is 24.9. The Labute approximate surface area is 243 Å². The van der Waals surface area contributed by atoms with Gasteiger partial charge in [-0.1, -0.05) is 15.9 Å². The Morgan fingerprint density at radius 3 is 2.31 bits per heavy atom. The van der Waals surface area contributed by atoms with Gasteiger partial charge in [-0.25, -0.2) is 0 Å². The number of amides is 2. The van der Waals surface area contributed by atoms with Crippen molar-refractivity contribution in [1.29, 1.82) is 0 Å². The minimum Gasteiger partial charge on any atom is -0.508 e. The van der Waals surface area contributed by atoms with Gasteiger partial charge in [-0.15, -0.1) is 17.0 Å². The monoisotopic (exact) mass is 672 g/mol. The van der Waals surface area contributed by atoms with E-state index in [2.05, 4.69) is 21.2 Å². The van der Waals surface area contributed by atoms with E-state index in [9.17, 15) is 39.6 Å². The molecule has 2 amide bonds. The summed E-state index contributed by atoms with van der Waals surface area (Å²) in [7, 11) is 6.55. The second kappa shape index (κ2) is 10.6. The third kappa shape index (κ3) is 4.42. The topological polar surface area (TPSA) is 194 Å². The molecule has 1 saturated carbocycles. The standard InChI is InChI=1S/C25H29BrN4O8.BrH/c1-29(2)13-7-12(28-14(31)8-26)19(32)16-10(13)5-9-6-11-18(30(3)4)21(34)17(24(27)37)23(36)25(11,38)22(35)15(9)20(16)33;/h7,9,11,18,32-33,36,38H,5-6,8H2,1-4H3,(H2,27,37)(H,28,31);1H/t9?,11?,18-,25?;/m0./s1. The average molecular weight is 674 g/mol. The van der Waals surface area contributed by atoms with Gasteiger partial charge >= 0.3 is 0 Å². The maximum atomic E-state index is 13.9. The van der Waals surface area contributed by atoms with Crippen molar-refractivity contribution in [1.82, 2.24) is 4.90 Å². The van der Waals surface area contributed by atoms with Gasteiger partial charge in [0.25, 0.3) is 5.91 Å². The minimum absolute atomic E-state index is 0. The van der Waals surface area contributed by atoms with Crippen molar-refractivity contribution < 1.29 is 39.6 Å². The highest BCUT2D eigenvalue weighted by atomic mass is 79.9. The lowest BCUT2D eigenvalue weighted by Gasteiger charge is -2.50. The first kappa shape index (κ1) is 30.6. The molecule has 12 nitrogen and oxygen atoms in total. The van der Waals surface area contributed by atoms with Crippen molar-refractivity contribution >= 4 is 73.4 Å². The number of halogens is 2. The van der Waals surface area contributed by atoms with E-state index in [-0.39, 0.29) is 52.0 Å². The first-order valence-corrected chi connectivity index (χ1v) is 12.9. The molecular formula is C25H30Br2N4O8. The molecule has 1 aromatic rings. The number of fused-ring (bicyclic) bond motifs is 3. The fourth-order valence-electron chi connectivity index (χ4n) is 5.97. The number of aromatic hydroxyl groups is 1. The van der Waals surface area contributed by atoms with Crippen molar-refractivity contribution in [2.24, 2.45) is 17.6 Å². The molecule has 0 aromatic heterocycles. The largest absolute Gasteiger partial charge is 0.508 e. The lowest BCUT2D eigenvalue weighted by atomic mass is 9.57. The number of phenolic OH excluding ortho intramolecular Hbond substituents is 1. The summed E-state index contributed by atoms with van der Waals surface area (Å²) >= 11 is 3.04. The molecular weight excluding hydrogens is 644 g/mol. The lowest BCUT2D eigenvalue weighted by Crippen LogP contribution is -2.65. The summed E-state index contributed by atoms with van der Waals surface area (Å²) in [6, 6.07) is 0.394. The van der Waals surface area contributed by atoms with Crippen LogP contribution in [0.4, 0.5) is 11.4 Å². The quantitative estimate of drug-likeness (QED) is 0.149. The molecule has 3 aliphatic carbocycles. The number of anilines is 2. The van der Waals surface area contributed by atoms with Gasteiger partial charge in [0.15, 0.2) is 11.4 Å². The van der Waals surface area contributed by atoms with E-state index in [0.29, 0.717) is 11.3 Å². The Morgan fingerprint density at radius 1 is 1.18 bits per heavy atom. The van der Waals surface area contributed by atoms with Gasteiger partial charge in [0, 0.05) is 31.3 Å². The number of hydrogen-bond donors (Lipinski definition) is 6. The highest BCUT2D eigenvalue weighted by Gasteiger charge is 2.64. The molecule has 0 aliphatic heterocycles. The number of Topliss-reactive ketones (excluding diaryl/α,β-unsaturated/α-hetero) is 2. The van der Waals surface area contributed by atoms with Crippen molar-refractivity contribution in [3.8, 4) is 5.75 Å². The van der Waals surface area contributed by atoms with E-state index in [4.69, 9.17) is 5.73 Å². The van der Waals surface area contributed by atoms with Crippen molar-refractivity contribution in [2.45, 2.75) is 24.5 Å². The Morgan fingerprint density at radius 2 is 1.79 bits per heavy atom. The van der Waals surface area contributed by atoms with Crippen LogP contribution >= 0.6 is 32.9 Å². The number of rotatable bonds is 5. The Hall–Kier alpha value is -2.94. The van der Waals surface area contributed by atoms with E-state index in [0.717, 1.165) is 0 Å². The maximum Gasteiger partial charge on any atom is 0.255 e. The molecule has 4 rings (SSSR count). The second-order valence-corrected chi connectivity index (χ2v) is 10.7. The van der Waals surface area contributed by atoms with E-state index in [1.807, 2.05) is 0 Å². The summed E-state index contributed by atoms with van der Waals surface area (Å²) < 4.78 is 0. The van der Waals surface area contributed by atoms with Crippen molar-refractivity contribution in [3.05, 3.63) is 34.1 Å². The first-order chi connectivity index (χ1) is 17.7. The van der Waals surface area contributed by atoms with Crippen LogP contribution in [0, 0.1) is 11.8 Å². The van der Waals surface area contributed by atoms with Gasteiger partial charge in [0.1, 0.15) is 22.8 Å². The fraction of sp³-hybridized carbons (Fsp3) is 0.440. The predicted molar refractivity (Wildman–Crippen MR) is 151 cm³/mol. The molecule has 1 fully saturated rings. The zero-order chi connectivity index (χ0) is 28.4. The molecule has 0 spiro atoms. The van der Waals surface area contributed by atoms with Crippen LogP contribution in [0.25, 0.3) is 5.76 Å². The van der Waals surface area contributed by atoms with E-state index in [1.54, 1.807) is 39.2 Å². The SMILES string of the molecule is Br.CN(C)c1cc(NC(=O)CBr)c(O)c2c1CC1CC3[C@H](N(C)C)C(=O)C(C(N)=O)=C(O)C3(O)C(=O)C1=C2O. The van der Waals surface area contributed by atoms with Crippen LogP contribution in [-0.4, -0.2) is 93.9 Å². The number of nitrogens with one attached hydrogen (secondary N) is 1. The van der Waals surface area contributed by atoms with Crippen molar-refractivity contribution in [3.63, 3.8) is 0 Å². The number of aliphatic hydroxyl groups excluding tert-OH is 2. The molecule has 1 aromatic carbocycles. The van der Waals surface area contributed by atoms with Crippen LogP contribution in [0.3, 0.4) is 0 Å². The van der Waals surface area contributed by atoms with Crippen LogP contribution in [0.1, 0.15) is 17.5 Å². The van der Waals surface area contributed by atoms with Gasteiger partial charge in [0.2, 0.25) is 11.7 Å². The molecule has 14 heteroatoms. The van der Waals surface area contributed by atoms with Crippen LogP contribution in [-0.2, 0) is 25.6 Å². The Bertz CT molecular complexity index is 1360. The van der Waals surface area contributed by atoms with Crippen molar-refractivity contribution in [2.75, 3.05) is 43.7 Å². The lowest BCUT2D eigenvalue weighted by molar-refractivity contribution is -0.153. The first-order valence-electron chi connectivity index (χ1n) is 11.7. The summed E-state index contributed by atoms with van der Waals surface area (Å²) in [4.78, 5) is 54.4. The number of benzene rings is 1. The highest BCUT2D eigenvalue weighted by Crippen LogP contribution is 2.54. The molecule has 0 saturated heterocycles. The number of carbonyl (C=O) groups is 4. The normalized spacial score (nSPS) is 26.0. The highest BCUT2D eigenvalue weighted by molar-refractivity contribution is 9.09. The fourth-order valence-corrected chi connectivity index (χ4v) is 6.11. The molecule has 3 aliphatic rings. The molecule has 212 valence electrons. The van der Waals surface area contributed by atoms with Crippen LogP contribution < -0.4 is 16.0 Å². The number of nitrogens with zero attached hydrogens (tertiary/aromatic N) is 2. The van der Waals surface area contributed by atoms with Gasteiger partial charge in [-0.2, -0.15) is 0 Å². The number of ketones is 2. The second-order valence-electron chi connectivity index (χ2n) is 10.2. The molecule has 7 N–H and O–H groups in total. The van der Waals surface area contributed by atoms with E-state index < -0.39 is 69.7 Å². The predicted octanol–water partition coefficient (Wildman–Crippen LogP) is 0.941. The maximum absolute atomic E-state index is 13.9. The molecule has 4 atom stereocenters. The van der Waals surface area contributed by atoms with Gasteiger partial charge in [-0.3, -0.25) is 24.1 Å². The number of phenols is 1. The summed E-state index contributed by atoms with van der Waals surface area (Å²) in [5, 5.41) is 47.5. The van der Waals surface area contributed by atoms with Crippen LogP contribution in [0.2, 0.25) is 0 Å². The molecule has 0 radical (unpaired) electrons. The van der Waals surface area contributed by atoms with Gasteiger partial charge in [0.05, 0.1) is 22.6 Å². The van der Waals surface area contributed by atoms with Gasteiger partial charge < -0.3 is 36.4 Å². The number of nitrogens with two attached hydrogens (primary N) is 1. The average Bonchev–Trinajstić information content (AvgIpc) is 2.82. The summed E-state index contributed by atoms with van der Waals surface area (Å²) in [5.74, 6) is -7.78. The van der Waals surface area contributed by atoms with Crippen LogP contribution in [0.5, 0.6) is 5.75 Å². The number of hydrogen-bond acceptors (Lipinski definition) is 10. The molecule has 3 unspecified atom stereocenters. The zero-order valence-electron chi connectivity index (χ0n) is 21.6. The summed E-state index contributed by atoms with van der Waals surface area (Å²) in [6.45, 7) is 0. The smallest absolute Gasteiger partial charge is 0.255 e. The van der Waals surface area contributed by atoms with E-state index >= 15 is 0 Å². The Kier molecular flexibility index (Phi) is 8.29. The molecule has 0 bridgehead atoms. The number of aliphatic hydroxyl groups is 3. The number of alkyl halides is 1. The van der Waals surface area contributed by atoms with Gasteiger partial charge in [-0.05, 0) is 44.5 Å². The third-order valence-corrected chi connectivity index (χ3v) is 8.08. The summed E-state index contributed by atoms with van der Waals surface area (Å²) in [5.41, 5.74) is 2.44. The van der Waals surface area contributed by atoms with Crippen LogP contribution in [0.15, 0.2) is 23.0 Å². The molecule has 39 heavy (non-hydrogen) atoms. The number of carbonyl (C=O) groups excluding carboxylic acids is 4. The third-order valence-electron chi connectivity index (χ3n) is 7.57. The minimum atomic E-state index is -2.72. The number of likely N-dealkylation sites (N-methyl/N-ethyl adjacent to an activating group) is 1.